The molecule has 0 spiro atoms. The molecule has 0 heterocycles. The van der Waals surface area contributed by atoms with Gasteiger partial charge in [0.05, 0.1) is 18.7 Å². The highest BCUT2D eigenvalue weighted by atomic mass is 19.1. The van der Waals surface area contributed by atoms with E-state index in [1.165, 1.54) is 13.2 Å². The molecule has 2 rings (SSSR count). The van der Waals surface area contributed by atoms with E-state index >= 15 is 0 Å². The third-order valence-corrected chi connectivity index (χ3v) is 2.78. The van der Waals surface area contributed by atoms with Gasteiger partial charge in [-0.2, -0.15) is 5.26 Å². The SMILES string of the molecule is COc1c(C)cc(-c2ccc(C#N)cc2)cc1F. The molecule has 0 fully saturated rings. The average Bonchev–Trinajstić information content (AvgIpc) is 2.38. The summed E-state index contributed by atoms with van der Waals surface area (Å²) in [5.41, 5.74) is 2.98. The first kappa shape index (κ1) is 12.1. The van der Waals surface area contributed by atoms with Crippen LogP contribution in [0.15, 0.2) is 36.4 Å². The van der Waals surface area contributed by atoms with E-state index < -0.39 is 0 Å². The monoisotopic (exact) mass is 241 g/mol. The molecule has 0 aromatic heterocycles. The van der Waals surface area contributed by atoms with Gasteiger partial charge in [0.15, 0.2) is 11.6 Å². The second kappa shape index (κ2) is 4.89. The zero-order chi connectivity index (χ0) is 13.1. The van der Waals surface area contributed by atoms with Crippen LogP contribution in [0.1, 0.15) is 11.1 Å². The quantitative estimate of drug-likeness (QED) is 0.803. The maximum absolute atomic E-state index is 13.8. The summed E-state index contributed by atoms with van der Waals surface area (Å²) in [7, 11) is 1.45. The summed E-state index contributed by atoms with van der Waals surface area (Å²) in [5.74, 6) is -0.107. The van der Waals surface area contributed by atoms with Gasteiger partial charge in [0.2, 0.25) is 0 Å². The maximum atomic E-state index is 13.8. The highest BCUT2D eigenvalue weighted by Crippen LogP contribution is 2.29. The third kappa shape index (κ3) is 2.18. The van der Waals surface area contributed by atoms with E-state index in [1.807, 2.05) is 6.07 Å². The van der Waals surface area contributed by atoms with Crippen molar-refractivity contribution >= 4 is 0 Å². The van der Waals surface area contributed by atoms with Crippen molar-refractivity contribution in [3.8, 4) is 22.9 Å². The summed E-state index contributed by atoms with van der Waals surface area (Å²) in [6, 6.07) is 12.4. The van der Waals surface area contributed by atoms with Crippen molar-refractivity contribution in [2.24, 2.45) is 0 Å². The number of aryl methyl sites for hydroxylation is 1. The zero-order valence-corrected chi connectivity index (χ0v) is 10.2. The number of rotatable bonds is 2. The molecular weight excluding hydrogens is 229 g/mol. The molecule has 18 heavy (non-hydrogen) atoms. The summed E-state index contributed by atoms with van der Waals surface area (Å²) in [4.78, 5) is 0. The maximum Gasteiger partial charge on any atom is 0.165 e. The zero-order valence-electron chi connectivity index (χ0n) is 10.2. The first-order chi connectivity index (χ1) is 8.65. The summed E-state index contributed by atoms with van der Waals surface area (Å²) in [6.45, 7) is 1.80. The van der Waals surface area contributed by atoms with Crippen LogP contribution >= 0.6 is 0 Å². The lowest BCUT2D eigenvalue weighted by molar-refractivity contribution is 0.383. The van der Waals surface area contributed by atoms with Crippen LogP contribution in [-0.4, -0.2) is 7.11 Å². The summed E-state index contributed by atoms with van der Waals surface area (Å²) >= 11 is 0. The molecule has 0 aliphatic heterocycles. The van der Waals surface area contributed by atoms with Gasteiger partial charge >= 0.3 is 0 Å². The fraction of sp³-hybridized carbons (Fsp3) is 0.133. The van der Waals surface area contributed by atoms with E-state index in [2.05, 4.69) is 6.07 Å². The summed E-state index contributed by atoms with van der Waals surface area (Å²) in [6.07, 6.45) is 0. The first-order valence-electron chi connectivity index (χ1n) is 5.50. The molecule has 0 saturated heterocycles. The second-order valence-electron chi connectivity index (χ2n) is 4.00. The lowest BCUT2D eigenvalue weighted by Gasteiger charge is -2.09. The van der Waals surface area contributed by atoms with E-state index in [9.17, 15) is 4.39 Å². The van der Waals surface area contributed by atoms with Gasteiger partial charge in [-0.3, -0.25) is 0 Å². The predicted octanol–water partition coefficient (Wildman–Crippen LogP) is 3.68. The van der Waals surface area contributed by atoms with Gasteiger partial charge in [-0.1, -0.05) is 12.1 Å². The molecule has 0 N–H and O–H groups in total. The highest BCUT2D eigenvalue weighted by molar-refractivity contribution is 5.66. The Morgan fingerprint density at radius 3 is 2.28 bits per heavy atom. The van der Waals surface area contributed by atoms with Gasteiger partial charge in [-0.05, 0) is 47.9 Å². The second-order valence-corrected chi connectivity index (χ2v) is 4.00. The van der Waals surface area contributed by atoms with Crippen LogP contribution in [0.4, 0.5) is 4.39 Å². The molecular formula is C15H12FNO. The Hall–Kier alpha value is -2.34. The summed E-state index contributed by atoms with van der Waals surface area (Å²) in [5, 5.41) is 8.73. The molecule has 0 aliphatic carbocycles. The summed E-state index contributed by atoms with van der Waals surface area (Å²) < 4.78 is 18.8. The Bertz CT molecular complexity index is 588. The van der Waals surface area contributed by atoms with Gasteiger partial charge in [0.1, 0.15) is 0 Å². The average molecular weight is 241 g/mol. The van der Waals surface area contributed by atoms with Crippen LogP contribution in [0.5, 0.6) is 5.75 Å². The van der Waals surface area contributed by atoms with Crippen molar-refractivity contribution in [3.05, 3.63) is 53.3 Å². The van der Waals surface area contributed by atoms with Crippen LogP contribution in [0, 0.1) is 24.1 Å². The minimum atomic E-state index is -0.378. The fourth-order valence-corrected chi connectivity index (χ4v) is 1.89. The Morgan fingerprint density at radius 1 is 1.11 bits per heavy atom. The molecule has 0 amide bonds. The number of hydrogen-bond donors (Lipinski definition) is 0. The van der Waals surface area contributed by atoms with E-state index in [0.29, 0.717) is 5.56 Å². The van der Waals surface area contributed by atoms with Crippen molar-refractivity contribution < 1.29 is 9.13 Å². The number of hydrogen-bond acceptors (Lipinski definition) is 2. The Balaban J connectivity index is 2.48. The predicted molar refractivity (Wildman–Crippen MR) is 67.8 cm³/mol. The number of methoxy groups -OCH3 is 1. The highest BCUT2D eigenvalue weighted by Gasteiger charge is 2.09. The van der Waals surface area contributed by atoms with Crippen LogP contribution in [0.25, 0.3) is 11.1 Å². The Labute approximate surface area is 105 Å². The molecule has 0 radical (unpaired) electrons. The fourth-order valence-electron chi connectivity index (χ4n) is 1.89. The molecule has 3 heteroatoms. The van der Waals surface area contributed by atoms with Crippen molar-refractivity contribution in [1.29, 1.82) is 5.26 Å². The molecule has 2 aromatic carbocycles. The smallest absolute Gasteiger partial charge is 0.165 e. The standard InChI is InChI=1S/C15H12FNO/c1-10-7-13(8-14(16)15(10)18-2)12-5-3-11(9-17)4-6-12/h3-8H,1-2H3. The van der Waals surface area contributed by atoms with E-state index in [1.54, 1.807) is 31.2 Å². The number of nitriles is 1. The van der Waals surface area contributed by atoms with Gasteiger partial charge in [-0.15, -0.1) is 0 Å². The molecule has 0 aliphatic rings. The first-order valence-corrected chi connectivity index (χ1v) is 5.50. The Morgan fingerprint density at radius 2 is 1.78 bits per heavy atom. The van der Waals surface area contributed by atoms with E-state index in [-0.39, 0.29) is 11.6 Å². The van der Waals surface area contributed by atoms with E-state index in [4.69, 9.17) is 10.00 Å². The van der Waals surface area contributed by atoms with Crippen molar-refractivity contribution in [2.45, 2.75) is 6.92 Å². The minimum Gasteiger partial charge on any atom is -0.493 e. The number of ether oxygens (including phenoxy) is 1. The van der Waals surface area contributed by atoms with Gasteiger partial charge in [0.25, 0.3) is 0 Å². The largest absolute Gasteiger partial charge is 0.493 e. The van der Waals surface area contributed by atoms with Crippen molar-refractivity contribution in [3.63, 3.8) is 0 Å². The molecule has 0 saturated carbocycles. The molecule has 90 valence electrons. The lowest BCUT2D eigenvalue weighted by Crippen LogP contribution is -1.93. The van der Waals surface area contributed by atoms with E-state index in [0.717, 1.165) is 16.7 Å². The molecule has 0 bridgehead atoms. The molecule has 0 unspecified atom stereocenters. The minimum absolute atomic E-state index is 0.271. The number of halogens is 1. The third-order valence-electron chi connectivity index (χ3n) is 2.78. The van der Waals surface area contributed by atoms with Crippen molar-refractivity contribution in [2.75, 3.05) is 7.11 Å². The number of nitrogens with zero attached hydrogens (tertiary/aromatic N) is 1. The molecule has 2 aromatic rings. The van der Waals surface area contributed by atoms with Crippen LogP contribution in [0.2, 0.25) is 0 Å². The molecule has 0 atom stereocenters. The number of benzene rings is 2. The van der Waals surface area contributed by atoms with Gasteiger partial charge in [0, 0.05) is 0 Å². The molecule has 2 nitrogen and oxygen atoms in total. The van der Waals surface area contributed by atoms with Gasteiger partial charge in [-0.25, -0.2) is 4.39 Å². The van der Waals surface area contributed by atoms with Gasteiger partial charge < -0.3 is 4.74 Å². The normalized spacial score (nSPS) is 9.89. The lowest BCUT2D eigenvalue weighted by atomic mass is 10.0. The van der Waals surface area contributed by atoms with Crippen LogP contribution in [0.3, 0.4) is 0 Å². The van der Waals surface area contributed by atoms with Crippen LogP contribution < -0.4 is 4.74 Å². The Kier molecular flexibility index (Phi) is 3.29. The van der Waals surface area contributed by atoms with Crippen molar-refractivity contribution in [1.82, 2.24) is 0 Å². The topological polar surface area (TPSA) is 33.0 Å². The van der Waals surface area contributed by atoms with Crippen LogP contribution in [-0.2, 0) is 0 Å².